The van der Waals surface area contributed by atoms with Gasteiger partial charge in [0.1, 0.15) is 18.2 Å². The molecule has 2 aliphatic rings. The molecule has 4 N–H and O–H groups in total. The van der Waals surface area contributed by atoms with Crippen molar-refractivity contribution in [2.24, 2.45) is 11.8 Å². The zero-order chi connectivity index (χ0) is 25.4. The molecule has 3 atom stereocenters. The first-order valence-corrected chi connectivity index (χ1v) is 12.5. The van der Waals surface area contributed by atoms with Crippen molar-refractivity contribution < 1.29 is 29.0 Å². The number of nitrogens with one attached hydrogen (secondary N) is 3. The van der Waals surface area contributed by atoms with Crippen molar-refractivity contribution in [3.05, 3.63) is 35.9 Å². The molecule has 2 unspecified atom stereocenters. The van der Waals surface area contributed by atoms with Crippen molar-refractivity contribution >= 4 is 23.7 Å². The molecule has 0 spiro atoms. The van der Waals surface area contributed by atoms with Crippen molar-refractivity contribution in [1.82, 2.24) is 16.0 Å². The van der Waals surface area contributed by atoms with Gasteiger partial charge in [-0.15, -0.1) is 0 Å². The molecule has 9 nitrogen and oxygen atoms in total. The number of hydrogen-bond donors (Lipinski definition) is 4. The van der Waals surface area contributed by atoms with Crippen molar-refractivity contribution in [3.63, 3.8) is 0 Å². The summed E-state index contributed by atoms with van der Waals surface area (Å²) in [5.74, 6) is -1.60. The fourth-order valence-electron chi connectivity index (χ4n) is 4.73. The number of ketones is 1. The van der Waals surface area contributed by atoms with Gasteiger partial charge in [-0.1, -0.05) is 44.2 Å². The Kier molecular flexibility index (Phi) is 9.26. The number of aliphatic hydroxyl groups is 1. The molecular formula is C26H37N3O6. The van der Waals surface area contributed by atoms with E-state index in [0.29, 0.717) is 25.8 Å². The molecular weight excluding hydrogens is 450 g/mol. The van der Waals surface area contributed by atoms with Crippen LogP contribution in [0.2, 0.25) is 0 Å². The summed E-state index contributed by atoms with van der Waals surface area (Å²) < 4.78 is 5.85. The highest BCUT2D eigenvalue weighted by molar-refractivity contribution is 5.93. The Hall–Kier alpha value is -2.94. The van der Waals surface area contributed by atoms with Crippen LogP contribution < -0.4 is 16.0 Å². The van der Waals surface area contributed by atoms with E-state index in [4.69, 9.17) is 4.74 Å². The number of amides is 3. The average Bonchev–Trinajstić information content (AvgIpc) is 3.20. The predicted octanol–water partition coefficient (Wildman–Crippen LogP) is 1.87. The van der Waals surface area contributed by atoms with Gasteiger partial charge in [0.25, 0.3) is 0 Å². The summed E-state index contributed by atoms with van der Waals surface area (Å²) in [5.41, 5.74) is 0.493. The number of rotatable bonds is 12. The number of ether oxygens (including phenoxy) is 1. The van der Waals surface area contributed by atoms with Crippen LogP contribution in [0.4, 0.5) is 4.79 Å². The maximum Gasteiger partial charge on any atom is 0.408 e. The molecule has 1 aromatic rings. The second-order valence-electron chi connectivity index (χ2n) is 10.1. The predicted molar refractivity (Wildman–Crippen MR) is 129 cm³/mol. The molecule has 3 rings (SSSR count). The second-order valence-corrected chi connectivity index (χ2v) is 10.1. The van der Waals surface area contributed by atoms with Gasteiger partial charge in [0.15, 0.2) is 5.78 Å². The first kappa shape index (κ1) is 26.7. The number of benzene rings is 1. The van der Waals surface area contributed by atoms with Crippen molar-refractivity contribution in [1.29, 1.82) is 0 Å². The minimum Gasteiger partial charge on any atom is -0.443 e. The van der Waals surface area contributed by atoms with E-state index in [1.54, 1.807) is 0 Å². The van der Waals surface area contributed by atoms with Crippen LogP contribution in [0.5, 0.6) is 0 Å². The van der Waals surface area contributed by atoms with Gasteiger partial charge in [0.2, 0.25) is 11.8 Å². The van der Waals surface area contributed by atoms with Gasteiger partial charge in [-0.25, -0.2) is 4.79 Å². The number of Topliss-reactive ketones (excluding diaryl/α,β-unsaturated/α-hetero) is 1. The first-order valence-electron chi connectivity index (χ1n) is 12.5. The fourth-order valence-corrected chi connectivity index (χ4v) is 4.73. The van der Waals surface area contributed by atoms with E-state index in [1.807, 2.05) is 44.2 Å². The van der Waals surface area contributed by atoms with Crippen molar-refractivity contribution in [2.75, 3.05) is 13.2 Å². The molecule has 3 amide bonds. The van der Waals surface area contributed by atoms with Gasteiger partial charge in [0, 0.05) is 18.9 Å². The molecule has 0 bridgehead atoms. The van der Waals surface area contributed by atoms with E-state index in [9.17, 15) is 24.3 Å². The molecule has 1 aliphatic heterocycles. The fraction of sp³-hybridized carbons (Fsp3) is 0.615. The van der Waals surface area contributed by atoms with E-state index in [0.717, 1.165) is 24.8 Å². The van der Waals surface area contributed by atoms with Crippen LogP contribution in [0.25, 0.3) is 0 Å². The third-order valence-corrected chi connectivity index (χ3v) is 6.80. The van der Waals surface area contributed by atoms with Crippen LogP contribution in [0.1, 0.15) is 57.9 Å². The van der Waals surface area contributed by atoms with E-state index < -0.39 is 48.0 Å². The van der Waals surface area contributed by atoms with Gasteiger partial charge in [-0.2, -0.15) is 0 Å². The maximum absolute atomic E-state index is 13.1. The Morgan fingerprint density at radius 2 is 1.86 bits per heavy atom. The lowest BCUT2D eigenvalue weighted by atomic mass is 9.76. The minimum atomic E-state index is -1.01. The zero-order valence-electron chi connectivity index (χ0n) is 20.5. The summed E-state index contributed by atoms with van der Waals surface area (Å²) in [7, 11) is 0. The second kappa shape index (κ2) is 12.2. The van der Waals surface area contributed by atoms with Crippen LogP contribution in [-0.4, -0.2) is 59.6 Å². The van der Waals surface area contributed by atoms with Gasteiger partial charge in [0.05, 0.1) is 6.04 Å². The Morgan fingerprint density at radius 3 is 2.40 bits per heavy atom. The van der Waals surface area contributed by atoms with Gasteiger partial charge >= 0.3 is 6.09 Å². The topological polar surface area (TPSA) is 134 Å². The lowest BCUT2D eigenvalue weighted by Crippen LogP contribution is -2.55. The summed E-state index contributed by atoms with van der Waals surface area (Å²) in [6.07, 6.45) is 3.44. The molecule has 35 heavy (non-hydrogen) atoms. The summed E-state index contributed by atoms with van der Waals surface area (Å²) >= 11 is 0. The summed E-state index contributed by atoms with van der Waals surface area (Å²) in [6, 6.07) is 7.91. The molecule has 1 aliphatic carbocycles. The first-order chi connectivity index (χ1) is 16.7. The third-order valence-electron chi connectivity index (χ3n) is 6.80. The Balaban J connectivity index is 1.64. The van der Waals surface area contributed by atoms with Crippen molar-refractivity contribution in [2.45, 2.75) is 76.5 Å². The summed E-state index contributed by atoms with van der Waals surface area (Å²) in [6.45, 7) is 3.63. The Bertz CT molecular complexity index is 900. The van der Waals surface area contributed by atoms with Gasteiger partial charge in [-0.3, -0.25) is 14.4 Å². The van der Waals surface area contributed by atoms with Gasteiger partial charge in [-0.05, 0) is 50.0 Å². The smallest absolute Gasteiger partial charge is 0.408 e. The third kappa shape index (κ3) is 7.52. The molecule has 192 valence electrons. The maximum atomic E-state index is 13.1. The molecule has 1 aromatic carbocycles. The Morgan fingerprint density at radius 1 is 1.14 bits per heavy atom. The molecule has 9 heteroatoms. The van der Waals surface area contributed by atoms with Crippen LogP contribution >= 0.6 is 0 Å². The quantitative estimate of drug-likeness (QED) is 0.356. The van der Waals surface area contributed by atoms with E-state index in [2.05, 4.69) is 16.0 Å². The average molecular weight is 488 g/mol. The summed E-state index contributed by atoms with van der Waals surface area (Å²) in [4.78, 5) is 50.3. The summed E-state index contributed by atoms with van der Waals surface area (Å²) in [5, 5.41) is 17.4. The highest BCUT2D eigenvalue weighted by Gasteiger charge is 2.42. The van der Waals surface area contributed by atoms with E-state index in [-0.39, 0.29) is 18.2 Å². The molecule has 0 aromatic heterocycles. The van der Waals surface area contributed by atoms with Crippen molar-refractivity contribution in [3.8, 4) is 0 Å². The molecule has 2 fully saturated rings. The highest BCUT2D eigenvalue weighted by atomic mass is 16.6. The molecule has 1 saturated carbocycles. The molecule has 1 heterocycles. The molecule has 0 radical (unpaired) electrons. The number of hydrogen-bond acceptors (Lipinski definition) is 6. The highest BCUT2D eigenvalue weighted by Crippen LogP contribution is 2.38. The largest absolute Gasteiger partial charge is 0.443 e. The minimum absolute atomic E-state index is 0.0839. The monoisotopic (exact) mass is 487 g/mol. The normalized spacial score (nSPS) is 20.3. The number of alkyl carbamates (subject to hydrolysis) is 1. The Labute approximate surface area is 206 Å². The number of aliphatic hydroxyl groups excluding tert-OH is 1. The van der Waals surface area contributed by atoms with Crippen LogP contribution in [0.15, 0.2) is 30.3 Å². The standard InChI is InChI=1S/C26H37N3O6/c1-17(2)13-21(24(33)28-20(22(31)16-30)14-19-9-12-27-23(19)32)29-25(34)35-26(10-6-11-26)15-18-7-4-3-5-8-18/h3-5,7-8,17,19-21,30H,6,9-16H2,1-2H3,(H,27,32)(H,28,33)(H,29,34)/t19-,20?,21?/m0/s1. The van der Waals surface area contributed by atoms with Crippen LogP contribution in [0.3, 0.4) is 0 Å². The lowest BCUT2D eigenvalue weighted by molar-refractivity contribution is -0.131. The lowest BCUT2D eigenvalue weighted by Gasteiger charge is -2.41. The van der Waals surface area contributed by atoms with Crippen LogP contribution in [-0.2, 0) is 25.5 Å². The van der Waals surface area contributed by atoms with Crippen LogP contribution in [0, 0.1) is 11.8 Å². The molecule has 1 saturated heterocycles. The SMILES string of the molecule is CC(C)CC(NC(=O)OC1(Cc2ccccc2)CCC1)C(=O)NC(C[C@@H]1CCNC1=O)C(=O)CO. The van der Waals surface area contributed by atoms with E-state index in [1.165, 1.54) is 0 Å². The van der Waals surface area contributed by atoms with Gasteiger partial charge < -0.3 is 25.8 Å². The zero-order valence-corrected chi connectivity index (χ0v) is 20.5. The number of carbonyl (C=O) groups excluding carboxylic acids is 4. The van der Waals surface area contributed by atoms with E-state index >= 15 is 0 Å². The number of carbonyl (C=O) groups is 4.